The van der Waals surface area contributed by atoms with Crippen molar-refractivity contribution in [3.05, 3.63) is 45.0 Å². The van der Waals surface area contributed by atoms with E-state index >= 15 is 0 Å². The van der Waals surface area contributed by atoms with Crippen LogP contribution in [0.5, 0.6) is 0 Å². The number of aliphatic hydroxyl groups is 1. The minimum atomic E-state index is -0.467. The Hall–Kier alpha value is -1.12. The topological polar surface area (TPSA) is 88.5 Å². The van der Waals surface area contributed by atoms with E-state index in [9.17, 15) is 10.1 Å². The van der Waals surface area contributed by atoms with E-state index in [1.165, 1.54) is 11.8 Å². The van der Waals surface area contributed by atoms with Crippen molar-refractivity contribution >= 4 is 23.5 Å². The van der Waals surface area contributed by atoms with Crippen LogP contribution < -0.4 is 5.32 Å². The summed E-state index contributed by atoms with van der Waals surface area (Å²) < 4.78 is 5.34. The molecule has 0 fully saturated rings. The highest BCUT2D eigenvalue weighted by Crippen LogP contribution is 2.15. The molecule has 1 aromatic heterocycles. The third-order valence-corrected chi connectivity index (χ3v) is 3.78. The number of hydrogen-bond donors (Lipinski definition) is 2. The van der Waals surface area contributed by atoms with Crippen LogP contribution in [0.1, 0.15) is 11.5 Å². The summed E-state index contributed by atoms with van der Waals surface area (Å²) >= 11 is 2.97. The number of nitro groups is 1. The number of aliphatic hydroxyl groups excluding tert-OH is 1. The van der Waals surface area contributed by atoms with Gasteiger partial charge in [0.25, 0.3) is 6.20 Å². The zero-order valence-corrected chi connectivity index (χ0v) is 12.1. The largest absolute Gasteiger partial charge is 0.463 e. The van der Waals surface area contributed by atoms with E-state index in [-0.39, 0.29) is 6.61 Å². The van der Waals surface area contributed by atoms with Crippen LogP contribution in [-0.2, 0) is 12.4 Å². The van der Waals surface area contributed by atoms with Gasteiger partial charge in [0.15, 0.2) is 0 Å². The maximum absolute atomic E-state index is 10.3. The van der Waals surface area contributed by atoms with E-state index in [1.807, 2.05) is 6.07 Å². The molecule has 0 aliphatic heterocycles. The minimum Gasteiger partial charge on any atom is -0.463 e. The molecule has 2 N–H and O–H groups in total. The predicted octanol–water partition coefficient (Wildman–Crippen LogP) is 2.03. The van der Waals surface area contributed by atoms with E-state index < -0.39 is 4.92 Å². The van der Waals surface area contributed by atoms with E-state index in [0.29, 0.717) is 17.3 Å². The first-order valence-electron chi connectivity index (χ1n) is 5.55. The molecule has 0 radical (unpaired) electrons. The molecule has 0 saturated carbocycles. The van der Waals surface area contributed by atoms with Crippen molar-refractivity contribution < 1.29 is 14.4 Å². The first-order chi connectivity index (χ1) is 9.15. The van der Waals surface area contributed by atoms with Crippen molar-refractivity contribution in [2.75, 3.05) is 18.6 Å². The van der Waals surface area contributed by atoms with Crippen molar-refractivity contribution in [2.45, 2.75) is 12.4 Å². The Morgan fingerprint density at radius 1 is 1.58 bits per heavy atom. The SMILES string of the molecule is CSC(=C[N+](=O)[O-])NCCSCc1ccc(CO)o1. The lowest BCUT2D eigenvalue weighted by Crippen LogP contribution is -2.15. The van der Waals surface area contributed by atoms with E-state index in [4.69, 9.17) is 9.52 Å². The molecule has 0 aliphatic rings. The molecule has 19 heavy (non-hydrogen) atoms. The molecule has 0 atom stereocenters. The highest BCUT2D eigenvalue weighted by molar-refractivity contribution is 8.02. The van der Waals surface area contributed by atoms with Gasteiger partial charge in [0.05, 0.1) is 10.7 Å². The van der Waals surface area contributed by atoms with Crippen molar-refractivity contribution in [2.24, 2.45) is 0 Å². The van der Waals surface area contributed by atoms with Crippen LogP contribution >= 0.6 is 23.5 Å². The Kier molecular flexibility index (Phi) is 7.46. The molecule has 106 valence electrons. The summed E-state index contributed by atoms with van der Waals surface area (Å²) in [5.74, 6) is 2.91. The number of thioether (sulfide) groups is 2. The van der Waals surface area contributed by atoms with Crippen LogP contribution in [0, 0.1) is 10.1 Å². The van der Waals surface area contributed by atoms with Gasteiger partial charge in [-0.05, 0) is 18.4 Å². The number of furan rings is 1. The average Bonchev–Trinajstić information content (AvgIpc) is 2.84. The molecular weight excluding hydrogens is 288 g/mol. The van der Waals surface area contributed by atoms with Gasteiger partial charge in [-0.1, -0.05) is 0 Å². The van der Waals surface area contributed by atoms with Gasteiger partial charge >= 0.3 is 0 Å². The van der Waals surface area contributed by atoms with Crippen LogP contribution in [0.4, 0.5) is 0 Å². The fourth-order valence-corrected chi connectivity index (χ4v) is 2.46. The van der Waals surface area contributed by atoms with Crippen LogP contribution in [0.15, 0.2) is 27.8 Å². The van der Waals surface area contributed by atoms with E-state index in [1.54, 1.807) is 24.1 Å². The van der Waals surface area contributed by atoms with E-state index in [2.05, 4.69) is 5.32 Å². The maximum atomic E-state index is 10.3. The van der Waals surface area contributed by atoms with Gasteiger partial charge in [0.2, 0.25) is 0 Å². The fraction of sp³-hybridized carbons (Fsp3) is 0.455. The molecule has 0 spiro atoms. The molecule has 0 aliphatic carbocycles. The zero-order chi connectivity index (χ0) is 14.1. The highest BCUT2D eigenvalue weighted by atomic mass is 32.2. The molecule has 1 rings (SSSR count). The van der Waals surface area contributed by atoms with Gasteiger partial charge in [-0.3, -0.25) is 10.1 Å². The number of rotatable bonds is 9. The highest BCUT2D eigenvalue weighted by Gasteiger charge is 2.02. The number of hydrogen-bond acceptors (Lipinski definition) is 7. The Labute approximate surface area is 119 Å². The molecular formula is C11H16N2O4S2. The van der Waals surface area contributed by atoms with Gasteiger partial charge in [-0.25, -0.2) is 0 Å². The Balaban J connectivity index is 2.18. The van der Waals surface area contributed by atoms with Crippen LogP contribution in [0.3, 0.4) is 0 Å². The summed E-state index contributed by atoms with van der Waals surface area (Å²) in [4.78, 5) is 9.84. The first kappa shape index (κ1) is 15.9. The van der Waals surface area contributed by atoms with Gasteiger partial charge < -0.3 is 14.8 Å². The van der Waals surface area contributed by atoms with Crippen LogP contribution in [-0.4, -0.2) is 28.6 Å². The third kappa shape index (κ3) is 6.55. The second-order valence-corrected chi connectivity index (χ2v) is 5.44. The molecule has 0 unspecified atom stereocenters. The molecule has 1 heterocycles. The number of nitrogens with one attached hydrogen (secondary N) is 1. The Bertz CT molecular complexity index is 434. The summed E-state index contributed by atoms with van der Waals surface area (Å²) in [6, 6.07) is 3.59. The van der Waals surface area contributed by atoms with Gasteiger partial charge in [0.1, 0.15) is 23.2 Å². The molecule has 0 aromatic carbocycles. The molecule has 8 heteroatoms. The average molecular weight is 304 g/mol. The van der Waals surface area contributed by atoms with Crippen molar-refractivity contribution in [3.8, 4) is 0 Å². The second-order valence-electron chi connectivity index (χ2n) is 3.49. The molecule has 6 nitrogen and oxygen atoms in total. The number of nitrogens with zero attached hydrogens (tertiary/aromatic N) is 1. The lowest BCUT2D eigenvalue weighted by atomic mass is 10.4. The monoisotopic (exact) mass is 304 g/mol. The third-order valence-electron chi connectivity index (χ3n) is 2.11. The molecule has 0 saturated heterocycles. The molecule has 0 bridgehead atoms. The minimum absolute atomic E-state index is 0.0883. The summed E-state index contributed by atoms with van der Waals surface area (Å²) in [5, 5.41) is 22.7. The summed E-state index contributed by atoms with van der Waals surface area (Å²) in [7, 11) is 0. The van der Waals surface area contributed by atoms with Crippen molar-refractivity contribution in [3.63, 3.8) is 0 Å². The Morgan fingerprint density at radius 3 is 2.89 bits per heavy atom. The van der Waals surface area contributed by atoms with E-state index in [0.717, 1.165) is 23.5 Å². The standard InChI is InChI=1S/C11H16N2O4S2/c1-18-11(6-13(15)16)12-4-5-19-8-10-3-2-9(7-14)17-10/h2-3,6,12,14H,4-5,7-8H2,1H3. The fourth-order valence-electron chi connectivity index (χ4n) is 1.27. The van der Waals surface area contributed by atoms with Crippen molar-refractivity contribution in [1.29, 1.82) is 0 Å². The summed E-state index contributed by atoms with van der Waals surface area (Å²) in [6.07, 6.45) is 2.75. The van der Waals surface area contributed by atoms with Gasteiger partial charge in [0, 0.05) is 12.3 Å². The lowest BCUT2D eigenvalue weighted by Gasteiger charge is -2.05. The first-order valence-corrected chi connectivity index (χ1v) is 7.93. The van der Waals surface area contributed by atoms with Crippen LogP contribution in [0.25, 0.3) is 0 Å². The zero-order valence-electron chi connectivity index (χ0n) is 10.5. The lowest BCUT2D eigenvalue weighted by molar-refractivity contribution is -0.403. The smallest absolute Gasteiger partial charge is 0.263 e. The quantitative estimate of drug-likeness (QED) is 0.410. The van der Waals surface area contributed by atoms with Crippen LogP contribution in [0.2, 0.25) is 0 Å². The normalized spacial score (nSPS) is 11.6. The van der Waals surface area contributed by atoms with Gasteiger partial charge in [-0.15, -0.1) is 11.8 Å². The summed E-state index contributed by atoms with van der Waals surface area (Å²) in [5.41, 5.74) is 0. The Morgan fingerprint density at radius 2 is 2.32 bits per heavy atom. The summed E-state index contributed by atoms with van der Waals surface area (Å²) in [6.45, 7) is 0.563. The maximum Gasteiger partial charge on any atom is 0.263 e. The van der Waals surface area contributed by atoms with Gasteiger partial charge in [-0.2, -0.15) is 11.8 Å². The molecule has 0 amide bonds. The predicted molar refractivity (Wildman–Crippen MR) is 77.4 cm³/mol. The molecule has 1 aromatic rings. The second kappa shape index (κ2) is 8.89. The van der Waals surface area contributed by atoms with Crippen molar-refractivity contribution in [1.82, 2.24) is 5.32 Å².